The third-order valence-electron chi connectivity index (χ3n) is 6.55. The second-order valence-electron chi connectivity index (χ2n) is 9.85. The van der Waals surface area contributed by atoms with E-state index in [4.69, 9.17) is 4.74 Å². The number of carbonyl (C=O) groups excluding carboxylic acids is 1. The number of ether oxygens (including phenoxy) is 1. The van der Waals surface area contributed by atoms with Gasteiger partial charge >= 0.3 is 6.09 Å². The molecule has 0 atom stereocenters. The van der Waals surface area contributed by atoms with E-state index in [0.29, 0.717) is 25.9 Å². The Bertz CT molecular complexity index is 1190. The number of benzene rings is 2. The average Bonchev–Trinajstić information content (AvgIpc) is 2.86. The van der Waals surface area contributed by atoms with Gasteiger partial charge in [0.1, 0.15) is 0 Å². The molecule has 1 aliphatic rings. The van der Waals surface area contributed by atoms with E-state index in [-0.39, 0.29) is 48.5 Å². The molecule has 3 rings (SSSR count). The van der Waals surface area contributed by atoms with Crippen LogP contribution < -0.4 is 0 Å². The Kier molecular flexibility index (Phi) is 10.3. The maximum atomic E-state index is 13.6. The van der Waals surface area contributed by atoms with Crippen LogP contribution in [0, 0.1) is 19.8 Å². The van der Waals surface area contributed by atoms with E-state index in [2.05, 4.69) is 0 Å². The fourth-order valence-corrected chi connectivity index (χ4v) is 7.67. The van der Waals surface area contributed by atoms with Gasteiger partial charge in [0.15, 0.2) is 0 Å². The van der Waals surface area contributed by atoms with E-state index in [9.17, 15) is 21.6 Å². The van der Waals surface area contributed by atoms with Crippen LogP contribution in [0.5, 0.6) is 0 Å². The second kappa shape index (κ2) is 13.1. The molecule has 0 N–H and O–H groups in total. The number of nitrogens with zero attached hydrogens (tertiary/aromatic N) is 3. The zero-order valence-corrected chi connectivity index (χ0v) is 24.3. The van der Waals surface area contributed by atoms with Crippen molar-refractivity contribution in [2.75, 3.05) is 45.9 Å². The Morgan fingerprint density at radius 2 is 1.16 bits per heavy atom. The molecule has 1 saturated heterocycles. The van der Waals surface area contributed by atoms with E-state index in [1.807, 2.05) is 20.8 Å². The van der Waals surface area contributed by atoms with Crippen molar-refractivity contribution in [3.63, 3.8) is 0 Å². The van der Waals surface area contributed by atoms with Gasteiger partial charge in [0.05, 0.1) is 16.4 Å². The molecule has 0 saturated carbocycles. The number of hydrogen-bond donors (Lipinski definition) is 0. The predicted octanol–water partition coefficient (Wildman–Crippen LogP) is 3.87. The normalized spacial score (nSPS) is 17.9. The fourth-order valence-electron chi connectivity index (χ4n) is 4.48. The molecule has 9 nitrogen and oxygen atoms in total. The maximum Gasteiger partial charge on any atom is 0.409 e. The fraction of sp³-hybridized carbons (Fsp3) is 0.519. The molecule has 1 amide bonds. The van der Waals surface area contributed by atoms with Crippen LogP contribution in [-0.2, 0) is 24.8 Å². The molecule has 210 valence electrons. The van der Waals surface area contributed by atoms with Gasteiger partial charge in [-0.2, -0.15) is 8.61 Å². The molecule has 11 heteroatoms. The second-order valence-corrected chi connectivity index (χ2v) is 13.7. The molecule has 2 aromatic carbocycles. The lowest BCUT2D eigenvalue weighted by Crippen LogP contribution is -2.44. The Balaban J connectivity index is 1.94. The van der Waals surface area contributed by atoms with Gasteiger partial charge in [0.2, 0.25) is 20.0 Å². The Morgan fingerprint density at radius 3 is 1.53 bits per heavy atom. The van der Waals surface area contributed by atoms with Gasteiger partial charge in [-0.3, -0.25) is 0 Å². The van der Waals surface area contributed by atoms with Gasteiger partial charge in [0, 0.05) is 39.3 Å². The van der Waals surface area contributed by atoms with Crippen LogP contribution in [0.15, 0.2) is 58.3 Å². The van der Waals surface area contributed by atoms with Crippen molar-refractivity contribution in [3.05, 3.63) is 59.7 Å². The van der Waals surface area contributed by atoms with Crippen molar-refractivity contribution >= 4 is 26.1 Å². The van der Waals surface area contributed by atoms with Crippen molar-refractivity contribution < 1.29 is 26.4 Å². The summed E-state index contributed by atoms with van der Waals surface area (Å²) in [5.74, 6) is -0.268. The van der Waals surface area contributed by atoms with Crippen molar-refractivity contribution in [2.24, 2.45) is 5.92 Å². The number of rotatable bonds is 5. The van der Waals surface area contributed by atoms with E-state index in [0.717, 1.165) is 11.1 Å². The lowest BCUT2D eigenvalue weighted by molar-refractivity contribution is 0.104. The van der Waals surface area contributed by atoms with E-state index < -0.39 is 26.1 Å². The summed E-state index contributed by atoms with van der Waals surface area (Å²) < 4.78 is 62.4. The van der Waals surface area contributed by atoms with Crippen LogP contribution in [0.25, 0.3) is 0 Å². The predicted molar refractivity (Wildman–Crippen MR) is 147 cm³/mol. The number of aryl methyl sites for hydroxylation is 2. The molecule has 0 unspecified atom stereocenters. The molecular weight excluding hydrogens is 526 g/mol. The summed E-state index contributed by atoms with van der Waals surface area (Å²) in [6.45, 7) is 8.88. The minimum absolute atomic E-state index is 0.148. The van der Waals surface area contributed by atoms with Crippen molar-refractivity contribution in [2.45, 2.75) is 50.3 Å². The first-order valence-corrected chi connectivity index (χ1v) is 15.9. The summed E-state index contributed by atoms with van der Waals surface area (Å²) in [6, 6.07) is 13.4. The Labute approximate surface area is 227 Å². The number of hydrogen-bond acceptors (Lipinski definition) is 6. The molecular formula is C27H39N3O6S2. The smallest absolute Gasteiger partial charge is 0.409 e. The molecule has 0 spiro atoms. The average molecular weight is 566 g/mol. The molecule has 2 aromatic rings. The summed E-state index contributed by atoms with van der Waals surface area (Å²) in [7, 11) is -7.66. The molecule has 1 fully saturated rings. The summed E-state index contributed by atoms with van der Waals surface area (Å²) >= 11 is 0. The first kappa shape index (κ1) is 30.1. The largest absolute Gasteiger partial charge is 0.450 e. The molecule has 1 heterocycles. The summed E-state index contributed by atoms with van der Waals surface area (Å²) in [6.07, 6.45) is 0.378. The highest BCUT2D eigenvalue weighted by Crippen LogP contribution is 2.22. The lowest BCUT2D eigenvalue weighted by Gasteiger charge is -2.32. The van der Waals surface area contributed by atoms with Crippen molar-refractivity contribution in [3.8, 4) is 0 Å². The first-order valence-electron chi connectivity index (χ1n) is 13.0. The number of sulfonamides is 2. The van der Waals surface area contributed by atoms with Crippen LogP contribution in [0.1, 0.15) is 37.8 Å². The Hall–Kier alpha value is -2.47. The summed E-state index contributed by atoms with van der Waals surface area (Å²) in [4.78, 5) is 14.5. The third-order valence-corrected chi connectivity index (χ3v) is 10.3. The monoisotopic (exact) mass is 565 g/mol. The highest BCUT2D eigenvalue weighted by atomic mass is 32.2. The van der Waals surface area contributed by atoms with Gasteiger partial charge in [-0.15, -0.1) is 0 Å². The summed E-state index contributed by atoms with van der Waals surface area (Å²) in [5, 5.41) is 0. The third kappa shape index (κ3) is 7.56. The minimum atomic E-state index is -3.83. The molecule has 0 aliphatic carbocycles. The van der Waals surface area contributed by atoms with E-state index in [1.54, 1.807) is 55.5 Å². The summed E-state index contributed by atoms with van der Waals surface area (Å²) in [5.41, 5.74) is 1.90. The zero-order chi connectivity index (χ0) is 27.9. The zero-order valence-electron chi connectivity index (χ0n) is 22.7. The van der Waals surface area contributed by atoms with Gasteiger partial charge in [-0.25, -0.2) is 21.6 Å². The van der Waals surface area contributed by atoms with Gasteiger partial charge in [0.25, 0.3) is 0 Å². The maximum absolute atomic E-state index is 13.6. The van der Waals surface area contributed by atoms with Gasteiger partial charge in [-0.05, 0) is 63.8 Å². The highest BCUT2D eigenvalue weighted by molar-refractivity contribution is 7.89. The molecule has 1 aliphatic heterocycles. The van der Waals surface area contributed by atoms with Crippen LogP contribution in [0.2, 0.25) is 0 Å². The van der Waals surface area contributed by atoms with Gasteiger partial charge < -0.3 is 9.64 Å². The Morgan fingerprint density at radius 1 is 0.763 bits per heavy atom. The lowest BCUT2D eigenvalue weighted by atomic mass is 10.1. The van der Waals surface area contributed by atoms with Crippen LogP contribution in [0.3, 0.4) is 0 Å². The van der Waals surface area contributed by atoms with Gasteiger partial charge in [-0.1, -0.05) is 42.3 Å². The highest BCUT2D eigenvalue weighted by Gasteiger charge is 2.31. The number of carbonyl (C=O) groups is 1. The first-order chi connectivity index (χ1) is 17.9. The molecule has 0 aromatic heterocycles. The molecule has 38 heavy (non-hydrogen) atoms. The quantitative estimate of drug-likeness (QED) is 0.545. The topological polar surface area (TPSA) is 104 Å². The van der Waals surface area contributed by atoms with Crippen LogP contribution in [0.4, 0.5) is 4.79 Å². The standard InChI is InChI=1S/C27H39N3O6S2/c1-5-36-27(31)28-16-6-18-29(37(32,33)25-12-8-22(2)9-13-25)20-24(4)21-30(19-7-17-28)38(34,35)26-14-10-23(3)11-15-26/h8-15,24H,5-7,16-21H2,1-4H3. The van der Waals surface area contributed by atoms with E-state index in [1.165, 1.54) is 13.5 Å². The van der Waals surface area contributed by atoms with Crippen LogP contribution in [-0.4, -0.2) is 82.3 Å². The molecule has 0 bridgehead atoms. The number of amides is 1. The van der Waals surface area contributed by atoms with Crippen LogP contribution >= 0.6 is 0 Å². The van der Waals surface area contributed by atoms with Crippen molar-refractivity contribution in [1.29, 1.82) is 0 Å². The SMILES string of the molecule is CCOC(=O)N1CCCN(S(=O)(=O)c2ccc(C)cc2)CC(C)CN(S(=O)(=O)c2ccc(C)cc2)CCC1. The minimum Gasteiger partial charge on any atom is -0.450 e. The molecule has 0 radical (unpaired) electrons. The van der Waals surface area contributed by atoms with E-state index >= 15 is 0 Å². The van der Waals surface area contributed by atoms with Crippen molar-refractivity contribution in [1.82, 2.24) is 13.5 Å².